The maximum absolute atomic E-state index is 11.7. The zero-order valence-electron chi connectivity index (χ0n) is 10.4. The Balaban J connectivity index is 2.73. The number of para-hydroxylation sites is 1. The number of nitrogens with one attached hydrogen (secondary N) is 1. The van der Waals surface area contributed by atoms with E-state index in [1.54, 1.807) is 0 Å². The highest BCUT2D eigenvalue weighted by atomic mass is 16.1. The molecule has 0 aliphatic carbocycles. The zero-order valence-corrected chi connectivity index (χ0v) is 10.4. The molecule has 0 saturated carbocycles. The Kier molecular flexibility index (Phi) is 5.80. The number of benzene rings is 1. The molecule has 2 nitrogen and oxygen atoms in total. The second-order valence-corrected chi connectivity index (χ2v) is 3.66. The van der Waals surface area contributed by atoms with E-state index in [4.69, 9.17) is 0 Å². The lowest BCUT2D eigenvalue weighted by Crippen LogP contribution is -2.01. The lowest BCUT2D eigenvalue weighted by Gasteiger charge is -2.06. The van der Waals surface area contributed by atoms with E-state index in [0.717, 1.165) is 17.7 Å². The smallest absolute Gasteiger partial charge is 0.164 e. The Morgan fingerprint density at radius 1 is 1.24 bits per heavy atom. The molecule has 0 saturated heterocycles. The molecular weight excluding hydrogens is 210 g/mol. The predicted molar refractivity (Wildman–Crippen MR) is 73.3 cm³/mol. The van der Waals surface area contributed by atoms with Crippen molar-refractivity contribution in [3.8, 4) is 0 Å². The summed E-state index contributed by atoms with van der Waals surface area (Å²) in [7, 11) is 0. The summed E-state index contributed by atoms with van der Waals surface area (Å²) in [5.74, 6) is 0.158. The summed E-state index contributed by atoms with van der Waals surface area (Å²) in [5, 5.41) is 3.13. The van der Waals surface area contributed by atoms with E-state index in [1.165, 1.54) is 0 Å². The van der Waals surface area contributed by atoms with Gasteiger partial charge < -0.3 is 5.32 Å². The maximum atomic E-state index is 11.7. The lowest BCUT2D eigenvalue weighted by molar-refractivity contribution is 0.0989. The van der Waals surface area contributed by atoms with Crippen molar-refractivity contribution >= 4 is 11.5 Å². The van der Waals surface area contributed by atoms with E-state index in [9.17, 15) is 4.79 Å². The van der Waals surface area contributed by atoms with E-state index < -0.39 is 0 Å². The molecular formula is C15H19NO. The Morgan fingerprint density at radius 3 is 2.71 bits per heavy atom. The van der Waals surface area contributed by atoms with Crippen LogP contribution in [0.2, 0.25) is 0 Å². The summed E-state index contributed by atoms with van der Waals surface area (Å²) in [6, 6.07) is 7.57. The minimum absolute atomic E-state index is 0.158. The SMILES string of the molecule is CC/C=C\C=C/Nc1ccccc1C(=O)CC. The number of allylic oxidation sites excluding steroid dienone is 3. The molecule has 0 aromatic heterocycles. The van der Waals surface area contributed by atoms with Crippen LogP contribution in [0.4, 0.5) is 5.69 Å². The molecule has 0 atom stereocenters. The number of hydrogen-bond acceptors (Lipinski definition) is 2. The van der Waals surface area contributed by atoms with E-state index in [0.29, 0.717) is 6.42 Å². The molecule has 0 amide bonds. The van der Waals surface area contributed by atoms with Crippen molar-refractivity contribution < 1.29 is 4.79 Å². The monoisotopic (exact) mass is 229 g/mol. The second-order valence-electron chi connectivity index (χ2n) is 3.66. The topological polar surface area (TPSA) is 29.1 Å². The molecule has 1 rings (SSSR count). The minimum atomic E-state index is 0.158. The first kappa shape index (κ1) is 13.2. The van der Waals surface area contributed by atoms with Gasteiger partial charge in [0.05, 0.1) is 0 Å². The molecule has 0 fully saturated rings. The summed E-state index contributed by atoms with van der Waals surface area (Å²) in [6.45, 7) is 3.96. The first-order valence-electron chi connectivity index (χ1n) is 6.00. The van der Waals surface area contributed by atoms with Crippen molar-refractivity contribution in [3.05, 3.63) is 54.3 Å². The third-order valence-corrected chi connectivity index (χ3v) is 2.37. The number of Topliss-reactive ketones (excluding diaryl/α,β-unsaturated/α-hetero) is 1. The van der Waals surface area contributed by atoms with Gasteiger partial charge >= 0.3 is 0 Å². The number of carbonyl (C=O) groups excluding carboxylic acids is 1. The summed E-state index contributed by atoms with van der Waals surface area (Å²) >= 11 is 0. The highest BCUT2D eigenvalue weighted by Crippen LogP contribution is 2.16. The molecule has 0 aliphatic rings. The van der Waals surface area contributed by atoms with Gasteiger partial charge in [-0.1, -0.05) is 38.1 Å². The van der Waals surface area contributed by atoms with Gasteiger partial charge in [-0.25, -0.2) is 0 Å². The Bertz CT molecular complexity index is 419. The molecule has 0 bridgehead atoms. The third-order valence-electron chi connectivity index (χ3n) is 2.37. The van der Waals surface area contributed by atoms with Crippen LogP contribution < -0.4 is 5.32 Å². The molecule has 0 aliphatic heterocycles. The minimum Gasteiger partial charge on any atom is -0.361 e. The van der Waals surface area contributed by atoms with Crippen LogP contribution in [-0.2, 0) is 0 Å². The van der Waals surface area contributed by atoms with Gasteiger partial charge in [-0.3, -0.25) is 4.79 Å². The molecule has 0 spiro atoms. The summed E-state index contributed by atoms with van der Waals surface area (Å²) in [6.07, 6.45) is 9.37. The van der Waals surface area contributed by atoms with E-state index in [1.807, 2.05) is 49.5 Å². The highest BCUT2D eigenvalue weighted by molar-refractivity contribution is 6.01. The van der Waals surface area contributed by atoms with Crippen LogP contribution >= 0.6 is 0 Å². The van der Waals surface area contributed by atoms with Gasteiger partial charge in [0, 0.05) is 23.9 Å². The summed E-state index contributed by atoms with van der Waals surface area (Å²) < 4.78 is 0. The summed E-state index contributed by atoms with van der Waals surface area (Å²) in [5.41, 5.74) is 1.61. The van der Waals surface area contributed by atoms with Crippen LogP contribution in [0.15, 0.2) is 48.7 Å². The van der Waals surface area contributed by atoms with Crippen molar-refractivity contribution in [2.75, 3.05) is 5.32 Å². The van der Waals surface area contributed by atoms with Crippen LogP contribution in [0.3, 0.4) is 0 Å². The van der Waals surface area contributed by atoms with Crippen molar-refractivity contribution in [2.24, 2.45) is 0 Å². The first-order chi connectivity index (χ1) is 8.29. The van der Waals surface area contributed by atoms with Crippen molar-refractivity contribution in [1.82, 2.24) is 0 Å². The van der Waals surface area contributed by atoms with Crippen LogP contribution in [0, 0.1) is 0 Å². The van der Waals surface area contributed by atoms with Crippen molar-refractivity contribution in [1.29, 1.82) is 0 Å². The van der Waals surface area contributed by atoms with E-state index >= 15 is 0 Å². The van der Waals surface area contributed by atoms with Gasteiger partial charge in [0.2, 0.25) is 0 Å². The number of rotatable bonds is 6. The Morgan fingerprint density at radius 2 is 2.00 bits per heavy atom. The predicted octanol–water partition coefficient (Wildman–Crippen LogP) is 4.17. The molecule has 1 N–H and O–H groups in total. The fraction of sp³-hybridized carbons (Fsp3) is 0.267. The van der Waals surface area contributed by atoms with Crippen molar-refractivity contribution in [3.63, 3.8) is 0 Å². The van der Waals surface area contributed by atoms with Crippen LogP contribution in [-0.4, -0.2) is 5.78 Å². The number of anilines is 1. The quantitative estimate of drug-likeness (QED) is 0.586. The number of hydrogen-bond donors (Lipinski definition) is 1. The number of ketones is 1. The average molecular weight is 229 g/mol. The molecule has 0 radical (unpaired) electrons. The molecule has 0 heterocycles. The van der Waals surface area contributed by atoms with Gasteiger partial charge in [0.25, 0.3) is 0 Å². The average Bonchev–Trinajstić information content (AvgIpc) is 2.38. The Hall–Kier alpha value is -1.83. The number of carbonyl (C=O) groups is 1. The fourth-order valence-corrected chi connectivity index (χ4v) is 1.45. The summed E-state index contributed by atoms with van der Waals surface area (Å²) in [4.78, 5) is 11.7. The van der Waals surface area contributed by atoms with Gasteiger partial charge in [-0.15, -0.1) is 0 Å². The molecule has 0 unspecified atom stereocenters. The van der Waals surface area contributed by atoms with Crippen LogP contribution in [0.5, 0.6) is 0 Å². The third kappa shape index (κ3) is 4.27. The normalized spacial score (nSPS) is 11.2. The van der Waals surface area contributed by atoms with Crippen LogP contribution in [0.25, 0.3) is 0 Å². The first-order valence-corrected chi connectivity index (χ1v) is 6.00. The van der Waals surface area contributed by atoms with Gasteiger partial charge in [0.1, 0.15) is 0 Å². The van der Waals surface area contributed by atoms with E-state index in [2.05, 4.69) is 18.3 Å². The largest absolute Gasteiger partial charge is 0.361 e. The molecule has 1 aromatic rings. The fourth-order valence-electron chi connectivity index (χ4n) is 1.45. The van der Waals surface area contributed by atoms with Gasteiger partial charge in [-0.2, -0.15) is 0 Å². The van der Waals surface area contributed by atoms with Gasteiger partial charge in [-0.05, 0) is 24.6 Å². The van der Waals surface area contributed by atoms with Crippen LogP contribution in [0.1, 0.15) is 37.0 Å². The molecule has 1 aromatic carbocycles. The molecule has 17 heavy (non-hydrogen) atoms. The molecule has 2 heteroatoms. The van der Waals surface area contributed by atoms with Gasteiger partial charge in [0.15, 0.2) is 5.78 Å². The van der Waals surface area contributed by atoms with Crippen molar-refractivity contribution in [2.45, 2.75) is 26.7 Å². The maximum Gasteiger partial charge on any atom is 0.164 e. The standard InChI is InChI=1S/C15H19NO/c1-3-5-6-9-12-16-14-11-8-7-10-13(14)15(17)4-2/h5-12,16H,3-4H2,1-2H3/b6-5-,12-9-. The zero-order chi connectivity index (χ0) is 12.5. The Labute approximate surface area is 103 Å². The highest BCUT2D eigenvalue weighted by Gasteiger charge is 2.06. The lowest BCUT2D eigenvalue weighted by atomic mass is 10.1. The second kappa shape index (κ2) is 7.44. The molecule has 90 valence electrons. The van der Waals surface area contributed by atoms with E-state index in [-0.39, 0.29) is 5.78 Å².